The fourth-order valence-electron chi connectivity index (χ4n) is 0.317. The van der Waals surface area contributed by atoms with Crippen LogP contribution in [0.4, 0.5) is 9.59 Å². The Morgan fingerprint density at radius 3 is 2.67 bits per heavy atom. The largest absolute Gasteiger partial charge is 0.452 e. The van der Waals surface area contributed by atoms with Crippen LogP contribution in [0.1, 0.15) is 0 Å². The van der Waals surface area contributed by atoms with E-state index in [-0.39, 0.29) is 12.4 Å². The van der Waals surface area contributed by atoms with Gasteiger partial charge in [0.15, 0.2) is 0 Å². The Balaban J connectivity index is 3.67. The molecule has 0 aliphatic heterocycles. The molecule has 0 atom stereocenters. The molecule has 0 aliphatic rings. The minimum atomic E-state index is -0.920. The molecule has 0 spiro atoms. The highest BCUT2D eigenvalue weighted by Crippen LogP contribution is 1.83. The maximum atomic E-state index is 10.6. The molecule has 0 aromatic carbocycles. The number of ether oxygens (including phenoxy) is 1. The van der Waals surface area contributed by atoms with E-state index in [4.69, 9.17) is 11.6 Å². The van der Waals surface area contributed by atoms with Crippen molar-refractivity contribution in [2.75, 3.05) is 19.5 Å². The lowest BCUT2D eigenvalue weighted by molar-refractivity contribution is 0.180. The molecule has 0 heterocycles. The van der Waals surface area contributed by atoms with Gasteiger partial charge in [-0.3, -0.25) is 0 Å². The summed E-state index contributed by atoms with van der Waals surface area (Å²) in [6, 6.07) is -0.721. The van der Waals surface area contributed by atoms with Crippen LogP contribution in [-0.2, 0) is 4.74 Å². The van der Waals surface area contributed by atoms with Gasteiger partial charge in [-0.1, -0.05) is 10.2 Å². The van der Waals surface area contributed by atoms with Crippen molar-refractivity contribution < 1.29 is 14.3 Å². The molecular formula is C5H8ClN3O3. The summed E-state index contributed by atoms with van der Waals surface area (Å²) in [5.41, 5.74) is 0. The topological polar surface area (TPSA) is 80.1 Å². The zero-order chi connectivity index (χ0) is 9.40. The highest BCUT2D eigenvalue weighted by Gasteiger charge is 1.98. The predicted octanol–water partition coefficient (Wildman–Crippen LogP) is 1.15. The van der Waals surface area contributed by atoms with Gasteiger partial charge >= 0.3 is 12.1 Å². The molecule has 0 aromatic rings. The van der Waals surface area contributed by atoms with Crippen molar-refractivity contribution in [3.8, 4) is 0 Å². The Morgan fingerprint density at radius 2 is 2.17 bits per heavy atom. The normalized spacial score (nSPS) is 9.83. The van der Waals surface area contributed by atoms with E-state index >= 15 is 0 Å². The number of carbonyl (C=O) groups excluding carboxylic acids is 2. The first-order chi connectivity index (χ1) is 5.70. The van der Waals surface area contributed by atoms with E-state index in [1.165, 1.54) is 0 Å². The van der Waals surface area contributed by atoms with Crippen molar-refractivity contribution in [3.05, 3.63) is 0 Å². The zero-order valence-corrected chi connectivity index (χ0v) is 7.17. The molecule has 0 radical (unpaired) electrons. The van der Waals surface area contributed by atoms with E-state index in [0.29, 0.717) is 0 Å². The molecule has 1 N–H and O–H groups in total. The summed E-state index contributed by atoms with van der Waals surface area (Å²) in [6.07, 6.45) is -0.920. The summed E-state index contributed by atoms with van der Waals surface area (Å²) in [7, 11) is 1.14. The molecule has 0 saturated heterocycles. The lowest BCUT2D eigenvalue weighted by Gasteiger charge is -1.93. The average Bonchev–Trinajstić information content (AvgIpc) is 2.10. The number of hydrogen-bond acceptors (Lipinski definition) is 3. The monoisotopic (exact) mass is 193 g/mol. The van der Waals surface area contributed by atoms with Gasteiger partial charge in [-0.25, -0.2) is 9.59 Å². The first-order valence-corrected chi connectivity index (χ1v) is 3.57. The number of alkyl halides is 1. The second kappa shape index (κ2) is 6.53. The highest BCUT2D eigenvalue weighted by atomic mass is 35.5. The summed E-state index contributed by atoms with van der Waals surface area (Å²) in [4.78, 5) is 20.9. The van der Waals surface area contributed by atoms with Crippen LogP contribution in [0.5, 0.6) is 0 Å². The van der Waals surface area contributed by atoms with Crippen LogP contribution in [0, 0.1) is 0 Å². The lowest BCUT2D eigenvalue weighted by atomic mass is 10.7. The number of methoxy groups -OCH3 is 1. The molecular weight excluding hydrogens is 186 g/mol. The van der Waals surface area contributed by atoms with Gasteiger partial charge < -0.3 is 10.1 Å². The van der Waals surface area contributed by atoms with Crippen LogP contribution in [-0.4, -0.2) is 31.7 Å². The second-order valence-electron chi connectivity index (χ2n) is 1.59. The average molecular weight is 194 g/mol. The molecule has 7 heteroatoms. The predicted molar refractivity (Wildman–Crippen MR) is 41.4 cm³/mol. The molecule has 0 fully saturated rings. The first kappa shape index (κ1) is 10.8. The summed E-state index contributed by atoms with van der Waals surface area (Å²) >= 11 is 5.26. The zero-order valence-electron chi connectivity index (χ0n) is 6.41. The van der Waals surface area contributed by atoms with Gasteiger partial charge in [0.2, 0.25) is 0 Å². The van der Waals surface area contributed by atoms with Crippen LogP contribution in [0.3, 0.4) is 0 Å². The minimum Gasteiger partial charge on any atom is -0.450 e. The van der Waals surface area contributed by atoms with E-state index < -0.39 is 12.1 Å². The number of halogens is 1. The van der Waals surface area contributed by atoms with Crippen LogP contribution in [0.25, 0.3) is 0 Å². The molecule has 12 heavy (non-hydrogen) atoms. The Morgan fingerprint density at radius 1 is 1.50 bits per heavy atom. The van der Waals surface area contributed by atoms with Crippen molar-refractivity contribution in [2.45, 2.75) is 0 Å². The molecule has 0 unspecified atom stereocenters. The number of rotatable bonds is 2. The summed E-state index contributed by atoms with van der Waals surface area (Å²) in [5, 5.41) is 8.15. The number of urea groups is 1. The van der Waals surface area contributed by atoms with Crippen LogP contribution < -0.4 is 5.32 Å². The van der Waals surface area contributed by atoms with Gasteiger partial charge in [0.25, 0.3) is 0 Å². The molecule has 0 bridgehead atoms. The van der Waals surface area contributed by atoms with E-state index in [1.54, 1.807) is 0 Å². The molecule has 6 nitrogen and oxygen atoms in total. The third-order valence-corrected chi connectivity index (χ3v) is 0.957. The van der Waals surface area contributed by atoms with Crippen LogP contribution in [0.15, 0.2) is 10.2 Å². The fraction of sp³-hybridized carbons (Fsp3) is 0.600. The molecule has 0 rings (SSSR count). The van der Waals surface area contributed by atoms with E-state index in [2.05, 4.69) is 20.3 Å². The second-order valence-corrected chi connectivity index (χ2v) is 1.97. The maximum Gasteiger partial charge on any atom is 0.452 e. The Bertz CT molecular complexity index is 194. The molecule has 0 aliphatic carbocycles. The molecule has 68 valence electrons. The van der Waals surface area contributed by atoms with Crippen LogP contribution >= 0.6 is 11.6 Å². The van der Waals surface area contributed by atoms with Crippen molar-refractivity contribution in [2.24, 2.45) is 10.2 Å². The Labute approximate surface area is 73.9 Å². The number of nitrogens with zero attached hydrogens (tertiary/aromatic N) is 2. The standard InChI is InChI=1S/C5H8ClN3O3/c1-12-5(11)9-8-4(10)7-3-2-6/h2-3H2,1H3,(H,7,10)/b9-8+. The van der Waals surface area contributed by atoms with Gasteiger partial charge in [0, 0.05) is 12.4 Å². The van der Waals surface area contributed by atoms with E-state index in [9.17, 15) is 9.59 Å². The first-order valence-electron chi connectivity index (χ1n) is 3.04. The van der Waals surface area contributed by atoms with Gasteiger partial charge in [-0.05, 0) is 0 Å². The number of azo groups is 1. The number of carbonyl (C=O) groups is 2. The summed E-state index contributed by atoms with van der Waals surface area (Å²) in [6.45, 7) is 0.278. The van der Waals surface area contributed by atoms with E-state index in [0.717, 1.165) is 7.11 Å². The molecule has 3 amide bonds. The van der Waals surface area contributed by atoms with Crippen molar-refractivity contribution in [1.82, 2.24) is 5.32 Å². The Kier molecular flexibility index (Phi) is 5.90. The SMILES string of the molecule is COC(=O)/N=N/C(=O)NCCCl. The highest BCUT2D eigenvalue weighted by molar-refractivity contribution is 6.18. The van der Waals surface area contributed by atoms with Crippen molar-refractivity contribution >= 4 is 23.7 Å². The van der Waals surface area contributed by atoms with Crippen molar-refractivity contribution in [1.29, 1.82) is 0 Å². The minimum absolute atomic E-state index is 0.277. The lowest BCUT2D eigenvalue weighted by Crippen LogP contribution is -2.21. The van der Waals surface area contributed by atoms with E-state index in [1.807, 2.05) is 0 Å². The van der Waals surface area contributed by atoms with Crippen LogP contribution in [0.2, 0.25) is 0 Å². The van der Waals surface area contributed by atoms with Gasteiger partial charge in [0.05, 0.1) is 7.11 Å². The van der Waals surface area contributed by atoms with Gasteiger partial charge in [-0.15, -0.1) is 11.6 Å². The number of hydrogen-bond donors (Lipinski definition) is 1. The maximum absolute atomic E-state index is 10.6. The van der Waals surface area contributed by atoms with Gasteiger partial charge in [0.1, 0.15) is 0 Å². The summed E-state index contributed by atoms with van der Waals surface area (Å²) < 4.78 is 4.10. The number of nitrogens with one attached hydrogen (secondary N) is 1. The smallest absolute Gasteiger partial charge is 0.450 e. The summed E-state index contributed by atoms with van der Waals surface area (Å²) in [5.74, 6) is 0.277. The molecule has 0 aromatic heterocycles. The fourth-order valence-corrected chi connectivity index (χ4v) is 0.411. The third kappa shape index (κ3) is 5.60. The Hall–Kier alpha value is -1.17. The van der Waals surface area contributed by atoms with Crippen molar-refractivity contribution in [3.63, 3.8) is 0 Å². The quantitative estimate of drug-likeness (QED) is 0.528. The van der Waals surface area contributed by atoms with Gasteiger partial charge in [-0.2, -0.15) is 0 Å². The third-order valence-electron chi connectivity index (χ3n) is 0.768. The number of amides is 3. The molecule has 0 saturated carbocycles.